The number of aromatic nitrogens is 2. The van der Waals surface area contributed by atoms with Crippen LogP contribution in [0.3, 0.4) is 0 Å². The normalized spacial score (nSPS) is 21.1. The number of furan rings is 1. The molecule has 2 aromatic heterocycles. The van der Waals surface area contributed by atoms with Crippen LogP contribution in [0.25, 0.3) is 0 Å². The fourth-order valence-electron chi connectivity index (χ4n) is 4.66. The van der Waals surface area contributed by atoms with Crippen molar-refractivity contribution in [1.82, 2.24) is 20.2 Å². The van der Waals surface area contributed by atoms with Gasteiger partial charge >= 0.3 is 0 Å². The summed E-state index contributed by atoms with van der Waals surface area (Å²) in [4.78, 5) is 23.4. The van der Waals surface area contributed by atoms with Crippen LogP contribution in [-0.2, 0) is 23.3 Å². The van der Waals surface area contributed by atoms with Crippen molar-refractivity contribution in [3.05, 3.63) is 41.9 Å². The molecule has 27 heavy (non-hydrogen) atoms. The average molecular weight is 370 g/mol. The largest absolute Gasteiger partial charge is 0.467 e. The van der Waals surface area contributed by atoms with Gasteiger partial charge in [-0.1, -0.05) is 32.6 Å². The van der Waals surface area contributed by atoms with E-state index >= 15 is 0 Å². The lowest BCUT2D eigenvalue weighted by Crippen LogP contribution is -2.59. The first-order chi connectivity index (χ1) is 13.2. The number of hydrogen-bond acceptors (Lipinski definition) is 4. The van der Waals surface area contributed by atoms with Crippen molar-refractivity contribution in [2.75, 3.05) is 6.54 Å². The van der Waals surface area contributed by atoms with Crippen molar-refractivity contribution in [2.24, 2.45) is 0 Å². The Kier molecular flexibility index (Phi) is 5.34. The van der Waals surface area contributed by atoms with E-state index in [-0.39, 0.29) is 17.5 Å². The second-order valence-corrected chi connectivity index (χ2v) is 7.97. The van der Waals surface area contributed by atoms with Gasteiger partial charge in [-0.25, -0.2) is 4.98 Å². The monoisotopic (exact) mass is 370 g/mol. The van der Waals surface area contributed by atoms with Crippen LogP contribution in [0.15, 0.2) is 29.1 Å². The summed E-state index contributed by atoms with van der Waals surface area (Å²) in [7, 11) is 0. The highest BCUT2D eigenvalue weighted by molar-refractivity contribution is 5.82. The van der Waals surface area contributed by atoms with Gasteiger partial charge in [0.05, 0.1) is 36.4 Å². The predicted octanol–water partition coefficient (Wildman–Crippen LogP) is 3.51. The lowest BCUT2D eigenvalue weighted by Gasteiger charge is -2.44. The van der Waals surface area contributed by atoms with E-state index in [1.807, 2.05) is 17.0 Å². The van der Waals surface area contributed by atoms with Crippen LogP contribution < -0.4 is 5.32 Å². The molecule has 2 N–H and O–H groups in total. The second-order valence-electron chi connectivity index (χ2n) is 7.97. The molecule has 6 nitrogen and oxygen atoms in total. The number of unbranched alkanes of at least 4 members (excludes halogenated alkanes) is 1. The number of carbonyl (C=O) groups excluding carboxylic acids is 1. The number of imidazole rings is 1. The molecule has 1 fully saturated rings. The summed E-state index contributed by atoms with van der Waals surface area (Å²) in [6.07, 6.45) is 12.0. The minimum atomic E-state index is -0.206. The first-order valence-corrected chi connectivity index (χ1v) is 10.3. The molecule has 3 heterocycles. The number of fused-ring (bicyclic) bond motifs is 2. The molecule has 1 aliphatic carbocycles. The first kappa shape index (κ1) is 18.3. The molecule has 6 heteroatoms. The van der Waals surface area contributed by atoms with Gasteiger partial charge in [-0.2, -0.15) is 0 Å². The Hall–Kier alpha value is -2.08. The minimum absolute atomic E-state index is 0.146. The summed E-state index contributed by atoms with van der Waals surface area (Å²) in [6, 6.07) is 3.61. The third-order valence-electron chi connectivity index (χ3n) is 6.06. The number of hydrogen-bond donors (Lipinski definition) is 2. The molecule has 0 saturated heterocycles. The van der Waals surface area contributed by atoms with Crippen LogP contribution in [0.5, 0.6) is 0 Å². The summed E-state index contributed by atoms with van der Waals surface area (Å²) in [5, 5.41) is 3.74. The van der Waals surface area contributed by atoms with Crippen LogP contribution in [-0.4, -0.2) is 33.4 Å². The van der Waals surface area contributed by atoms with Crippen molar-refractivity contribution < 1.29 is 9.21 Å². The molecule has 1 atom stereocenters. The smallest absolute Gasteiger partial charge is 0.240 e. The summed E-state index contributed by atoms with van der Waals surface area (Å²) in [5.74, 6) is 1.01. The fraction of sp³-hybridized carbons (Fsp3) is 0.619. The standard InChI is InChI=1S/C21H30N4O2/c1-2-3-11-25(14-16-8-7-12-27-16)20(26)18-13-17-19(23-15-22-17)21(24-18)9-5-4-6-10-21/h7-8,12,15,18,24H,2-6,9-11,13-14H2,1H3,(H,22,23)/t18-/m0/s1. The molecule has 146 valence electrons. The van der Waals surface area contributed by atoms with Gasteiger partial charge in [0.2, 0.25) is 5.91 Å². The zero-order valence-electron chi connectivity index (χ0n) is 16.2. The van der Waals surface area contributed by atoms with Gasteiger partial charge in [0.15, 0.2) is 0 Å². The van der Waals surface area contributed by atoms with Gasteiger partial charge in [-0.05, 0) is 31.4 Å². The van der Waals surface area contributed by atoms with Gasteiger partial charge < -0.3 is 14.3 Å². The summed E-state index contributed by atoms with van der Waals surface area (Å²) < 4.78 is 5.50. The Bertz CT molecular complexity index is 746. The summed E-state index contributed by atoms with van der Waals surface area (Å²) >= 11 is 0. The van der Waals surface area contributed by atoms with E-state index in [0.717, 1.165) is 49.4 Å². The number of aromatic amines is 1. The zero-order valence-corrected chi connectivity index (χ0v) is 16.2. The number of nitrogens with one attached hydrogen (secondary N) is 2. The predicted molar refractivity (Wildman–Crippen MR) is 103 cm³/mol. The third kappa shape index (κ3) is 3.68. The Morgan fingerprint density at radius 2 is 2.22 bits per heavy atom. The van der Waals surface area contributed by atoms with Gasteiger partial charge in [0, 0.05) is 18.7 Å². The highest BCUT2D eigenvalue weighted by Gasteiger charge is 2.45. The molecular weight excluding hydrogens is 340 g/mol. The highest BCUT2D eigenvalue weighted by atomic mass is 16.3. The maximum atomic E-state index is 13.5. The van der Waals surface area contributed by atoms with E-state index in [1.165, 1.54) is 19.3 Å². The van der Waals surface area contributed by atoms with Gasteiger partial charge in [0.1, 0.15) is 5.76 Å². The van der Waals surface area contributed by atoms with Crippen LogP contribution in [0.1, 0.15) is 69.0 Å². The van der Waals surface area contributed by atoms with Crippen molar-refractivity contribution in [3.63, 3.8) is 0 Å². The maximum absolute atomic E-state index is 13.5. The Labute approximate surface area is 160 Å². The Morgan fingerprint density at radius 3 is 2.96 bits per heavy atom. The van der Waals surface area contributed by atoms with Gasteiger partial charge in [-0.3, -0.25) is 10.1 Å². The second kappa shape index (κ2) is 7.89. The molecule has 4 rings (SSSR count). The van der Waals surface area contributed by atoms with E-state index in [4.69, 9.17) is 4.42 Å². The van der Waals surface area contributed by atoms with E-state index in [1.54, 1.807) is 12.6 Å². The molecule has 2 aromatic rings. The number of amides is 1. The molecule has 2 aliphatic rings. The first-order valence-electron chi connectivity index (χ1n) is 10.3. The molecule has 1 amide bonds. The molecule has 1 aliphatic heterocycles. The average Bonchev–Trinajstić information content (AvgIpc) is 3.37. The lowest BCUT2D eigenvalue weighted by molar-refractivity contribution is -0.135. The summed E-state index contributed by atoms with van der Waals surface area (Å²) in [6.45, 7) is 3.45. The lowest BCUT2D eigenvalue weighted by atomic mass is 9.75. The number of nitrogens with zero attached hydrogens (tertiary/aromatic N) is 2. The van der Waals surface area contributed by atoms with Crippen molar-refractivity contribution >= 4 is 5.91 Å². The number of H-pyrrole nitrogens is 1. The molecule has 0 radical (unpaired) electrons. The van der Waals surface area contributed by atoms with E-state index in [9.17, 15) is 4.79 Å². The van der Waals surface area contributed by atoms with Crippen molar-refractivity contribution in [3.8, 4) is 0 Å². The van der Waals surface area contributed by atoms with Gasteiger partial charge in [-0.15, -0.1) is 0 Å². The minimum Gasteiger partial charge on any atom is -0.467 e. The van der Waals surface area contributed by atoms with E-state index < -0.39 is 0 Å². The third-order valence-corrected chi connectivity index (χ3v) is 6.06. The SMILES string of the molecule is CCCCN(Cc1ccco1)C(=O)[C@@H]1Cc2[nH]cnc2C2(CCCCC2)N1. The molecule has 1 saturated carbocycles. The van der Waals surface area contributed by atoms with Crippen LogP contribution in [0.2, 0.25) is 0 Å². The molecular formula is C21H30N4O2. The van der Waals surface area contributed by atoms with Crippen LogP contribution in [0.4, 0.5) is 0 Å². The number of rotatable bonds is 6. The topological polar surface area (TPSA) is 74.2 Å². The Morgan fingerprint density at radius 1 is 1.37 bits per heavy atom. The highest BCUT2D eigenvalue weighted by Crippen LogP contribution is 2.40. The van der Waals surface area contributed by atoms with Crippen LogP contribution >= 0.6 is 0 Å². The maximum Gasteiger partial charge on any atom is 0.240 e. The molecule has 0 unspecified atom stereocenters. The summed E-state index contributed by atoms with van der Waals surface area (Å²) in [5.41, 5.74) is 2.12. The van der Waals surface area contributed by atoms with E-state index in [2.05, 4.69) is 22.2 Å². The van der Waals surface area contributed by atoms with E-state index in [0.29, 0.717) is 13.0 Å². The zero-order chi connectivity index (χ0) is 18.7. The molecule has 0 aromatic carbocycles. The fourth-order valence-corrected chi connectivity index (χ4v) is 4.66. The Balaban J connectivity index is 1.56. The van der Waals surface area contributed by atoms with Crippen molar-refractivity contribution in [1.29, 1.82) is 0 Å². The molecule has 1 spiro atoms. The molecule has 0 bridgehead atoms. The quantitative estimate of drug-likeness (QED) is 0.816. The van der Waals surface area contributed by atoms with Crippen molar-refractivity contribution in [2.45, 2.75) is 76.4 Å². The van der Waals surface area contributed by atoms with Crippen LogP contribution in [0, 0.1) is 0 Å². The number of carbonyl (C=O) groups is 1. The van der Waals surface area contributed by atoms with Gasteiger partial charge in [0.25, 0.3) is 0 Å².